The fourth-order valence-electron chi connectivity index (χ4n) is 4.56. The van der Waals surface area contributed by atoms with Gasteiger partial charge in [-0.3, -0.25) is 0 Å². The van der Waals surface area contributed by atoms with E-state index in [1.54, 1.807) is 0 Å². The van der Waals surface area contributed by atoms with E-state index >= 15 is 0 Å². The van der Waals surface area contributed by atoms with Gasteiger partial charge in [-0.2, -0.15) is 0 Å². The number of nitrogens with zero attached hydrogens (tertiary/aromatic N) is 4. The maximum absolute atomic E-state index is 5.05. The van der Waals surface area contributed by atoms with E-state index in [0.717, 1.165) is 11.4 Å². The van der Waals surface area contributed by atoms with Gasteiger partial charge in [-0.1, -0.05) is 0 Å². The first-order chi connectivity index (χ1) is 9.59. The molecular formula is C16H28N4Ti. The molecule has 0 bridgehead atoms. The predicted octanol–water partition coefficient (Wildman–Crippen LogP) is 2.59. The van der Waals surface area contributed by atoms with Crippen LogP contribution < -0.4 is 0 Å². The zero-order valence-corrected chi connectivity index (χ0v) is 16.2. The first kappa shape index (κ1) is 16.8. The van der Waals surface area contributed by atoms with Crippen LogP contribution in [0.1, 0.15) is 27.7 Å². The maximum atomic E-state index is 5.05. The number of hydrogen-bond donors (Lipinski definition) is 0. The third-order valence-electron chi connectivity index (χ3n) is 4.82. The van der Waals surface area contributed by atoms with E-state index in [2.05, 4.69) is 87.0 Å². The molecule has 0 aromatic rings. The summed E-state index contributed by atoms with van der Waals surface area (Å²) in [5.41, 5.74) is 2.23. The average Bonchev–Trinajstić information content (AvgIpc) is 2.83. The van der Waals surface area contributed by atoms with Crippen LogP contribution >= 0.6 is 0 Å². The second-order valence-corrected chi connectivity index (χ2v) is 15.0. The fourth-order valence-corrected chi connectivity index (χ4v) is 15.1. The molecule has 0 amide bonds. The molecule has 0 aliphatic carbocycles. The van der Waals surface area contributed by atoms with Crippen LogP contribution in [0.5, 0.6) is 0 Å². The van der Waals surface area contributed by atoms with Crippen molar-refractivity contribution >= 4 is 11.4 Å². The standard InChI is InChI=1S/2C6H8N.2C2H6N.Ti/c2*1-5-3-4-6(2)7-5;2*1-3-2;/h2*3-4H,1-2H3;2*1-2H3;/q;;2*-1;+2. The molecule has 2 atom stereocenters. The number of allylic oxidation sites excluding steroid dienone is 2. The molecule has 0 spiro atoms. The van der Waals surface area contributed by atoms with Crippen molar-refractivity contribution in [2.45, 2.75) is 35.4 Å². The van der Waals surface area contributed by atoms with Crippen LogP contribution in [0.25, 0.3) is 0 Å². The van der Waals surface area contributed by atoms with Crippen LogP contribution in [-0.4, -0.2) is 54.1 Å². The summed E-state index contributed by atoms with van der Waals surface area (Å²) >= 11 is -2.97. The van der Waals surface area contributed by atoms with Gasteiger partial charge < -0.3 is 0 Å². The van der Waals surface area contributed by atoms with Crippen LogP contribution in [0.3, 0.4) is 0 Å². The predicted molar refractivity (Wildman–Crippen MR) is 88.7 cm³/mol. The van der Waals surface area contributed by atoms with Gasteiger partial charge in [-0.15, -0.1) is 0 Å². The quantitative estimate of drug-likeness (QED) is 0.744. The average molecular weight is 324 g/mol. The van der Waals surface area contributed by atoms with E-state index < -0.39 is 17.1 Å². The molecule has 2 heterocycles. The van der Waals surface area contributed by atoms with Gasteiger partial charge in [-0.25, -0.2) is 0 Å². The van der Waals surface area contributed by atoms with E-state index in [9.17, 15) is 0 Å². The molecule has 0 N–H and O–H groups in total. The molecule has 2 rings (SSSR count). The van der Waals surface area contributed by atoms with Gasteiger partial charge in [0, 0.05) is 0 Å². The van der Waals surface area contributed by atoms with Crippen LogP contribution in [0, 0.1) is 0 Å². The molecular weight excluding hydrogens is 296 g/mol. The van der Waals surface area contributed by atoms with Gasteiger partial charge in [-0.05, 0) is 0 Å². The van der Waals surface area contributed by atoms with Crippen LogP contribution in [0.4, 0.5) is 0 Å². The number of aliphatic imine (C=N–C) groups is 2. The Hall–Kier alpha value is -0.546. The molecule has 2 unspecified atom stereocenters. The SMILES string of the molecule is CC1=N[C](C)([Ti]([N](C)C)([N](C)C)[C]2(C)C=CC(C)=N2)C=C1. The summed E-state index contributed by atoms with van der Waals surface area (Å²) in [5, 5.41) is 0. The first-order valence-corrected chi connectivity index (χ1v) is 10.4. The van der Waals surface area contributed by atoms with Gasteiger partial charge in [0.25, 0.3) is 0 Å². The summed E-state index contributed by atoms with van der Waals surface area (Å²) in [6, 6.07) is 0. The summed E-state index contributed by atoms with van der Waals surface area (Å²) < 4.78 is 4.53. The Morgan fingerprint density at radius 1 is 0.810 bits per heavy atom. The minimum atomic E-state index is -2.97. The zero-order chi connectivity index (χ0) is 16.1. The molecule has 0 saturated heterocycles. The zero-order valence-electron chi connectivity index (χ0n) is 14.6. The van der Waals surface area contributed by atoms with Gasteiger partial charge in [0.15, 0.2) is 0 Å². The molecule has 2 aliphatic rings. The van der Waals surface area contributed by atoms with Crippen molar-refractivity contribution in [3.8, 4) is 0 Å². The molecule has 0 aromatic carbocycles. The Morgan fingerprint density at radius 3 is 1.33 bits per heavy atom. The van der Waals surface area contributed by atoms with E-state index in [4.69, 9.17) is 9.98 Å². The summed E-state index contributed by atoms with van der Waals surface area (Å²) in [4.78, 5) is 10.1. The second-order valence-electron chi connectivity index (χ2n) is 6.93. The summed E-state index contributed by atoms with van der Waals surface area (Å²) in [7, 11) is 8.80. The molecule has 4 nitrogen and oxygen atoms in total. The molecule has 0 aromatic heterocycles. The van der Waals surface area contributed by atoms with Crippen molar-refractivity contribution in [2.75, 3.05) is 28.2 Å². The number of hydrogen-bond acceptors (Lipinski definition) is 4. The van der Waals surface area contributed by atoms with Crippen LogP contribution in [-0.2, 0) is 17.1 Å². The molecule has 116 valence electrons. The van der Waals surface area contributed by atoms with Gasteiger partial charge in [0.05, 0.1) is 0 Å². The third kappa shape index (κ3) is 2.24. The Morgan fingerprint density at radius 2 is 1.14 bits per heavy atom. The van der Waals surface area contributed by atoms with E-state index in [1.165, 1.54) is 0 Å². The van der Waals surface area contributed by atoms with Crippen molar-refractivity contribution in [3.63, 3.8) is 0 Å². The van der Waals surface area contributed by atoms with Crippen molar-refractivity contribution in [2.24, 2.45) is 9.98 Å². The molecule has 0 saturated carbocycles. The van der Waals surface area contributed by atoms with E-state index in [0.29, 0.717) is 0 Å². The normalized spacial score (nSPS) is 32.3. The Balaban J connectivity index is 2.73. The molecule has 0 radical (unpaired) electrons. The summed E-state index contributed by atoms with van der Waals surface area (Å²) in [6.07, 6.45) is 8.91. The van der Waals surface area contributed by atoms with Crippen LogP contribution in [0.15, 0.2) is 34.3 Å². The summed E-state index contributed by atoms with van der Waals surface area (Å²) in [6.45, 7) is 8.73. The summed E-state index contributed by atoms with van der Waals surface area (Å²) in [5.74, 6) is 0. The Bertz CT molecular complexity index is 509. The Labute approximate surface area is 133 Å². The van der Waals surface area contributed by atoms with Crippen molar-refractivity contribution in [3.05, 3.63) is 24.3 Å². The fraction of sp³-hybridized carbons (Fsp3) is 0.625. The van der Waals surface area contributed by atoms with E-state index in [1.807, 2.05) is 0 Å². The van der Waals surface area contributed by atoms with Crippen molar-refractivity contribution < 1.29 is 17.1 Å². The minimum absolute atomic E-state index is 0.176. The monoisotopic (exact) mass is 324 g/mol. The molecule has 5 heteroatoms. The Kier molecular flexibility index (Phi) is 4.22. The molecule has 0 fully saturated rings. The molecule has 21 heavy (non-hydrogen) atoms. The third-order valence-corrected chi connectivity index (χ3v) is 14.1. The topological polar surface area (TPSA) is 31.2 Å². The van der Waals surface area contributed by atoms with Gasteiger partial charge in [0.2, 0.25) is 0 Å². The van der Waals surface area contributed by atoms with Crippen LogP contribution in [0.2, 0.25) is 0 Å². The van der Waals surface area contributed by atoms with Crippen molar-refractivity contribution in [1.29, 1.82) is 0 Å². The van der Waals surface area contributed by atoms with Gasteiger partial charge >= 0.3 is 133 Å². The van der Waals surface area contributed by atoms with Crippen molar-refractivity contribution in [1.82, 2.24) is 6.76 Å². The second kappa shape index (κ2) is 5.27. The molecule has 2 aliphatic heterocycles. The number of rotatable bonds is 4. The van der Waals surface area contributed by atoms with E-state index in [-0.39, 0.29) is 7.69 Å². The van der Waals surface area contributed by atoms with Gasteiger partial charge in [0.1, 0.15) is 0 Å². The first-order valence-electron chi connectivity index (χ1n) is 7.45.